The van der Waals surface area contributed by atoms with Crippen molar-refractivity contribution in [1.82, 2.24) is 19.3 Å². The van der Waals surface area contributed by atoms with Crippen molar-refractivity contribution in [1.29, 1.82) is 5.26 Å². The molecule has 0 bridgehead atoms. The van der Waals surface area contributed by atoms with Crippen LogP contribution in [0.4, 0.5) is 5.88 Å². The topological polar surface area (TPSA) is 104 Å². The van der Waals surface area contributed by atoms with Crippen LogP contribution in [0.25, 0.3) is 17.3 Å². The Labute approximate surface area is 177 Å². The summed E-state index contributed by atoms with van der Waals surface area (Å²) in [7, 11) is 0. The summed E-state index contributed by atoms with van der Waals surface area (Å²) in [4.78, 5) is 25.6. The third kappa shape index (κ3) is 3.58. The van der Waals surface area contributed by atoms with Gasteiger partial charge in [0.05, 0.1) is 12.0 Å². The van der Waals surface area contributed by atoms with Gasteiger partial charge in [-0.15, -0.1) is 0 Å². The fourth-order valence-electron chi connectivity index (χ4n) is 3.83. The zero-order valence-corrected chi connectivity index (χ0v) is 17.0. The molecule has 0 amide bonds. The predicted octanol–water partition coefficient (Wildman–Crippen LogP) is 2.44. The maximum absolute atomic E-state index is 12.4. The molecule has 156 valence electrons. The van der Waals surface area contributed by atoms with Gasteiger partial charge in [-0.25, -0.2) is 4.98 Å². The Bertz CT molecular complexity index is 1320. The summed E-state index contributed by atoms with van der Waals surface area (Å²) in [6.45, 7) is 5.38. The molecule has 0 atom stereocenters. The van der Waals surface area contributed by atoms with Crippen LogP contribution in [0.1, 0.15) is 17.0 Å². The lowest BCUT2D eigenvalue weighted by Crippen LogP contribution is -2.46. The van der Waals surface area contributed by atoms with Gasteiger partial charge in [-0.05, 0) is 30.7 Å². The van der Waals surface area contributed by atoms with Gasteiger partial charge in [-0.2, -0.15) is 10.2 Å². The molecule has 0 N–H and O–H groups in total. The molecule has 1 aliphatic rings. The number of hydrogen-bond donors (Lipinski definition) is 0. The first-order valence-corrected chi connectivity index (χ1v) is 10.0. The van der Waals surface area contributed by atoms with E-state index in [0.29, 0.717) is 42.8 Å². The molecule has 1 aliphatic heterocycles. The molecule has 0 aromatic carbocycles. The van der Waals surface area contributed by atoms with Crippen LogP contribution in [-0.2, 0) is 6.54 Å². The first-order valence-electron chi connectivity index (χ1n) is 10.0. The number of oxazole rings is 1. The summed E-state index contributed by atoms with van der Waals surface area (Å²) in [5, 5.41) is 9.46. The van der Waals surface area contributed by atoms with Crippen molar-refractivity contribution in [3.8, 4) is 17.7 Å². The van der Waals surface area contributed by atoms with E-state index in [2.05, 4.69) is 16.0 Å². The van der Waals surface area contributed by atoms with Crippen molar-refractivity contribution < 1.29 is 8.83 Å². The number of nitrogens with zero attached hydrogens (tertiary/aromatic N) is 6. The van der Waals surface area contributed by atoms with E-state index in [4.69, 9.17) is 13.8 Å². The van der Waals surface area contributed by atoms with E-state index in [1.165, 1.54) is 6.26 Å². The van der Waals surface area contributed by atoms with Gasteiger partial charge in [-0.3, -0.25) is 14.1 Å². The summed E-state index contributed by atoms with van der Waals surface area (Å²) in [5.74, 6) is 1.26. The second-order valence-electron chi connectivity index (χ2n) is 7.50. The van der Waals surface area contributed by atoms with Gasteiger partial charge in [0.1, 0.15) is 11.7 Å². The number of fused-ring (bicyclic) bond motifs is 1. The Morgan fingerprint density at radius 2 is 2.00 bits per heavy atom. The van der Waals surface area contributed by atoms with Crippen LogP contribution < -0.4 is 10.5 Å². The summed E-state index contributed by atoms with van der Waals surface area (Å²) in [6.07, 6.45) is 3.28. The molecular weight excluding hydrogens is 396 g/mol. The first-order chi connectivity index (χ1) is 15.1. The van der Waals surface area contributed by atoms with Gasteiger partial charge < -0.3 is 13.7 Å². The lowest BCUT2D eigenvalue weighted by atomic mass is 10.2. The molecule has 0 saturated carbocycles. The molecule has 5 heterocycles. The normalized spacial score (nSPS) is 14.8. The fourth-order valence-corrected chi connectivity index (χ4v) is 3.83. The molecule has 4 aromatic rings. The maximum atomic E-state index is 12.4. The van der Waals surface area contributed by atoms with Gasteiger partial charge in [0, 0.05) is 45.0 Å². The average Bonchev–Trinajstić information content (AvgIpc) is 3.45. The fraction of sp³-hybridized carbons (Fsp3) is 0.273. The quantitative estimate of drug-likeness (QED) is 0.500. The minimum atomic E-state index is -0.0758. The molecular formula is C22H20N6O3. The molecule has 0 spiro atoms. The smallest absolute Gasteiger partial charge is 0.266 e. The van der Waals surface area contributed by atoms with E-state index in [1.807, 2.05) is 24.0 Å². The number of pyridine rings is 1. The van der Waals surface area contributed by atoms with E-state index in [9.17, 15) is 10.1 Å². The van der Waals surface area contributed by atoms with Crippen molar-refractivity contribution in [2.75, 3.05) is 31.1 Å². The Morgan fingerprint density at radius 3 is 2.74 bits per heavy atom. The summed E-state index contributed by atoms with van der Waals surface area (Å²) in [6, 6.07) is 11.0. The van der Waals surface area contributed by atoms with Crippen LogP contribution in [0.5, 0.6) is 0 Å². The minimum absolute atomic E-state index is 0.0758. The van der Waals surface area contributed by atoms with Crippen LogP contribution in [0, 0.1) is 18.3 Å². The van der Waals surface area contributed by atoms with Gasteiger partial charge in [-0.1, -0.05) is 6.07 Å². The number of aryl methyl sites for hydroxylation is 1. The lowest BCUT2D eigenvalue weighted by molar-refractivity contribution is 0.243. The number of aromatic nitrogens is 3. The van der Waals surface area contributed by atoms with Gasteiger partial charge in [0.25, 0.3) is 11.4 Å². The highest BCUT2D eigenvalue weighted by Gasteiger charge is 2.25. The molecule has 0 radical (unpaired) electrons. The standard InChI is InChI=1S/C22H20N6O3/c1-15-4-2-6-28-19(29)12-16(24-20(15)28)14-26-7-9-27(10-8-26)22-17(13-23)25-21(31-22)18-5-3-11-30-18/h2-6,11-12H,7-10,14H2,1H3. The Morgan fingerprint density at radius 1 is 1.16 bits per heavy atom. The summed E-state index contributed by atoms with van der Waals surface area (Å²) in [5.41, 5.74) is 2.58. The number of rotatable bonds is 4. The summed E-state index contributed by atoms with van der Waals surface area (Å²) < 4.78 is 12.7. The van der Waals surface area contributed by atoms with Crippen molar-refractivity contribution in [2.45, 2.75) is 13.5 Å². The highest BCUT2D eigenvalue weighted by molar-refractivity contribution is 5.55. The lowest BCUT2D eigenvalue weighted by Gasteiger charge is -2.34. The van der Waals surface area contributed by atoms with Crippen molar-refractivity contribution in [3.05, 3.63) is 70.1 Å². The second kappa shape index (κ2) is 7.74. The number of piperazine rings is 1. The number of furan rings is 1. The molecule has 9 heteroatoms. The third-order valence-electron chi connectivity index (χ3n) is 5.43. The van der Waals surface area contributed by atoms with Crippen LogP contribution in [-0.4, -0.2) is 45.4 Å². The Hall–Kier alpha value is -3.90. The van der Waals surface area contributed by atoms with E-state index in [-0.39, 0.29) is 11.3 Å². The largest absolute Gasteiger partial charge is 0.459 e. The molecule has 4 aromatic heterocycles. The first kappa shape index (κ1) is 19.1. The molecule has 9 nitrogen and oxygen atoms in total. The minimum Gasteiger partial charge on any atom is -0.459 e. The van der Waals surface area contributed by atoms with Crippen molar-refractivity contribution in [3.63, 3.8) is 0 Å². The monoisotopic (exact) mass is 416 g/mol. The molecule has 5 rings (SSSR count). The van der Waals surface area contributed by atoms with Crippen molar-refractivity contribution in [2.24, 2.45) is 0 Å². The van der Waals surface area contributed by atoms with E-state index >= 15 is 0 Å². The van der Waals surface area contributed by atoms with Gasteiger partial charge >= 0.3 is 0 Å². The van der Waals surface area contributed by atoms with Gasteiger partial charge in [0.15, 0.2) is 5.76 Å². The van der Waals surface area contributed by atoms with Crippen LogP contribution >= 0.6 is 0 Å². The molecule has 31 heavy (non-hydrogen) atoms. The zero-order chi connectivity index (χ0) is 21.4. The number of hydrogen-bond acceptors (Lipinski definition) is 8. The average molecular weight is 416 g/mol. The van der Waals surface area contributed by atoms with Crippen LogP contribution in [0.15, 0.2) is 56.4 Å². The third-order valence-corrected chi connectivity index (χ3v) is 5.43. The van der Waals surface area contributed by atoms with Crippen molar-refractivity contribution >= 4 is 11.5 Å². The number of anilines is 1. The van der Waals surface area contributed by atoms with E-state index in [0.717, 1.165) is 24.3 Å². The second-order valence-corrected chi connectivity index (χ2v) is 7.50. The Balaban J connectivity index is 1.30. The Kier molecular flexibility index (Phi) is 4.76. The maximum Gasteiger partial charge on any atom is 0.266 e. The van der Waals surface area contributed by atoms with E-state index in [1.54, 1.807) is 28.8 Å². The zero-order valence-electron chi connectivity index (χ0n) is 17.0. The summed E-state index contributed by atoms with van der Waals surface area (Å²) >= 11 is 0. The molecule has 1 fully saturated rings. The van der Waals surface area contributed by atoms with Crippen LogP contribution in [0.2, 0.25) is 0 Å². The van der Waals surface area contributed by atoms with E-state index < -0.39 is 0 Å². The highest BCUT2D eigenvalue weighted by atomic mass is 16.4. The molecule has 0 unspecified atom stereocenters. The molecule has 0 aliphatic carbocycles. The SMILES string of the molecule is Cc1cccn2c(=O)cc(CN3CCN(c4oc(-c5ccco5)nc4C#N)CC3)nc12. The number of nitriles is 1. The van der Waals surface area contributed by atoms with Crippen LogP contribution in [0.3, 0.4) is 0 Å². The predicted molar refractivity (Wildman–Crippen MR) is 113 cm³/mol. The molecule has 1 saturated heterocycles. The highest BCUT2D eigenvalue weighted by Crippen LogP contribution is 2.29. The van der Waals surface area contributed by atoms with Gasteiger partial charge in [0.2, 0.25) is 11.6 Å².